The van der Waals surface area contributed by atoms with Crippen LogP contribution in [0.3, 0.4) is 0 Å². The van der Waals surface area contributed by atoms with E-state index in [0.29, 0.717) is 0 Å². The molecule has 0 amide bonds. The second-order valence-corrected chi connectivity index (χ2v) is 3.58. The predicted molar refractivity (Wildman–Crippen MR) is 68.0 cm³/mol. The number of carbonyl (C=O) groups excluding carboxylic acids is 2. The molecule has 100 valence electrons. The lowest BCUT2D eigenvalue weighted by molar-refractivity contribution is -0.385. The lowest BCUT2D eigenvalue weighted by Crippen LogP contribution is -2.32. The summed E-state index contributed by atoms with van der Waals surface area (Å²) in [6, 6.07) is 5.43. The third-order valence-corrected chi connectivity index (χ3v) is 2.40. The monoisotopic (exact) mass is 263 g/mol. The average molecular weight is 263 g/mol. The smallest absolute Gasteiger partial charge is 0.280 e. The van der Waals surface area contributed by atoms with Crippen molar-refractivity contribution in [3.63, 3.8) is 0 Å². The summed E-state index contributed by atoms with van der Waals surface area (Å²) in [7, 11) is 0. The highest BCUT2D eigenvalue weighted by atomic mass is 16.6. The van der Waals surface area contributed by atoms with Crippen molar-refractivity contribution >= 4 is 17.3 Å². The van der Waals surface area contributed by atoms with Crippen molar-refractivity contribution in [2.75, 3.05) is 6.61 Å². The Hall–Kier alpha value is -2.34. The molecule has 0 aliphatic rings. The summed E-state index contributed by atoms with van der Waals surface area (Å²) in [5.74, 6) is -1.36. The van der Waals surface area contributed by atoms with Crippen LogP contribution in [-0.2, 0) is 9.53 Å². The van der Waals surface area contributed by atoms with Gasteiger partial charge in [0.2, 0.25) is 5.78 Å². The normalized spacial score (nSPS) is 11.6. The molecule has 0 bridgehead atoms. The van der Waals surface area contributed by atoms with E-state index in [9.17, 15) is 19.7 Å². The van der Waals surface area contributed by atoms with Gasteiger partial charge in [0.25, 0.3) is 5.69 Å². The van der Waals surface area contributed by atoms with Gasteiger partial charge in [-0.1, -0.05) is 18.7 Å². The molecule has 0 aromatic heterocycles. The molecule has 0 radical (unpaired) electrons. The van der Waals surface area contributed by atoms with E-state index in [1.54, 1.807) is 6.92 Å². The third kappa shape index (κ3) is 3.32. The highest BCUT2D eigenvalue weighted by molar-refractivity contribution is 6.17. The maximum Gasteiger partial charge on any atom is 0.280 e. The van der Waals surface area contributed by atoms with Gasteiger partial charge in [-0.2, -0.15) is 0 Å². The van der Waals surface area contributed by atoms with Gasteiger partial charge in [-0.15, -0.1) is 0 Å². The molecule has 0 saturated heterocycles. The molecule has 0 spiro atoms. The van der Waals surface area contributed by atoms with Gasteiger partial charge in [-0.25, -0.2) is 0 Å². The van der Waals surface area contributed by atoms with Gasteiger partial charge in [0, 0.05) is 12.7 Å². The molecule has 6 heteroatoms. The van der Waals surface area contributed by atoms with Crippen molar-refractivity contribution in [2.45, 2.75) is 13.0 Å². The van der Waals surface area contributed by atoms with Gasteiger partial charge in [0.1, 0.15) is 0 Å². The van der Waals surface area contributed by atoms with Crippen LogP contribution in [0.1, 0.15) is 17.3 Å². The first kappa shape index (κ1) is 14.7. The molecule has 0 fully saturated rings. The second-order valence-electron chi connectivity index (χ2n) is 3.58. The number of hydrogen-bond donors (Lipinski definition) is 0. The van der Waals surface area contributed by atoms with Crippen LogP contribution in [0.5, 0.6) is 0 Å². The standard InChI is InChI=1S/C13H13NO5/c1-3-11(15)13(19-4-2)12(16)9-7-5-6-8-10(9)14(17)18/h3,5-8,13H,1,4H2,2H3. The number of hydrogen-bond acceptors (Lipinski definition) is 5. The average Bonchev–Trinajstić information content (AvgIpc) is 2.43. The number of rotatable bonds is 7. The summed E-state index contributed by atoms with van der Waals surface area (Å²) in [6.45, 7) is 5.04. The zero-order valence-corrected chi connectivity index (χ0v) is 10.4. The van der Waals surface area contributed by atoms with E-state index in [1.165, 1.54) is 24.3 Å². The quantitative estimate of drug-likeness (QED) is 0.247. The van der Waals surface area contributed by atoms with Crippen LogP contribution >= 0.6 is 0 Å². The first-order valence-corrected chi connectivity index (χ1v) is 5.58. The molecule has 19 heavy (non-hydrogen) atoms. The topological polar surface area (TPSA) is 86.5 Å². The van der Waals surface area contributed by atoms with Crippen LogP contribution < -0.4 is 0 Å². The van der Waals surface area contributed by atoms with Gasteiger partial charge in [0.05, 0.1) is 10.5 Å². The van der Waals surface area contributed by atoms with Crippen molar-refractivity contribution in [1.82, 2.24) is 0 Å². The third-order valence-electron chi connectivity index (χ3n) is 2.40. The fraction of sp³-hybridized carbons (Fsp3) is 0.231. The lowest BCUT2D eigenvalue weighted by atomic mass is 10.0. The van der Waals surface area contributed by atoms with Gasteiger partial charge >= 0.3 is 0 Å². The Balaban J connectivity index is 3.20. The Morgan fingerprint density at radius 3 is 2.63 bits per heavy atom. The number of benzene rings is 1. The fourth-order valence-corrected chi connectivity index (χ4v) is 1.54. The SMILES string of the molecule is C=CC(=O)C(OCC)C(=O)c1ccccc1[N+](=O)[O-]. The van der Waals surface area contributed by atoms with Crippen LogP contribution in [0.15, 0.2) is 36.9 Å². The maximum absolute atomic E-state index is 12.2. The fourth-order valence-electron chi connectivity index (χ4n) is 1.54. The van der Waals surface area contributed by atoms with Crippen molar-refractivity contribution in [1.29, 1.82) is 0 Å². The summed E-state index contributed by atoms with van der Waals surface area (Å²) in [6.07, 6.45) is -0.420. The van der Waals surface area contributed by atoms with Gasteiger partial charge in [-0.3, -0.25) is 19.7 Å². The number of nitrogens with zero attached hydrogens (tertiary/aromatic N) is 1. The van der Waals surface area contributed by atoms with E-state index in [2.05, 4.69) is 6.58 Å². The molecule has 1 rings (SSSR count). The van der Waals surface area contributed by atoms with Crippen molar-refractivity contribution in [2.24, 2.45) is 0 Å². The molecule has 0 heterocycles. The zero-order valence-electron chi connectivity index (χ0n) is 10.4. The largest absolute Gasteiger partial charge is 0.362 e. The second kappa shape index (κ2) is 6.55. The van der Waals surface area contributed by atoms with E-state index >= 15 is 0 Å². The first-order valence-electron chi connectivity index (χ1n) is 5.58. The Morgan fingerprint density at radius 1 is 1.47 bits per heavy atom. The Morgan fingerprint density at radius 2 is 2.11 bits per heavy atom. The minimum absolute atomic E-state index is 0.136. The lowest BCUT2D eigenvalue weighted by Gasteiger charge is -2.12. The van der Waals surface area contributed by atoms with E-state index in [4.69, 9.17) is 4.74 Å². The molecule has 6 nitrogen and oxygen atoms in total. The number of nitro benzene ring substituents is 1. The summed E-state index contributed by atoms with van der Waals surface area (Å²) in [5.41, 5.74) is -0.504. The maximum atomic E-state index is 12.2. The number of para-hydroxylation sites is 1. The van der Waals surface area contributed by atoms with Crippen molar-refractivity contribution in [3.8, 4) is 0 Å². The predicted octanol–water partition coefficient (Wildman–Crippen LogP) is 1.94. The molecule has 1 aromatic rings. The highest BCUT2D eigenvalue weighted by Crippen LogP contribution is 2.20. The minimum atomic E-state index is -1.39. The molecule has 1 atom stereocenters. The van der Waals surface area contributed by atoms with Gasteiger partial charge < -0.3 is 4.74 Å². The number of nitro groups is 1. The number of Topliss-reactive ketones (excluding diaryl/α,β-unsaturated/α-hetero) is 1. The van der Waals surface area contributed by atoms with E-state index in [-0.39, 0.29) is 17.9 Å². The van der Waals surface area contributed by atoms with Crippen molar-refractivity contribution in [3.05, 3.63) is 52.6 Å². The molecular formula is C13H13NO5. The zero-order chi connectivity index (χ0) is 14.4. The van der Waals surface area contributed by atoms with Gasteiger partial charge in [0.15, 0.2) is 11.9 Å². The number of ether oxygens (including phenoxy) is 1. The molecular weight excluding hydrogens is 250 g/mol. The minimum Gasteiger partial charge on any atom is -0.362 e. The van der Waals surface area contributed by atoms with Crippen LogP contribution in [0.2, 0.25) is 0 Å². The number of ketones is 2. The Kier molecular flexibility index (Phi) is 5.08. The number of carbonyl (C=O) groups is 2. The van der Waals surface area contributed by atoms with Crippen LogP contribution in [0, 0.1) is 10.1 Å². The Bertz CT molecular complexity index is 524. The molecule has 0 aliphatic carbocycles. The van der Waals surface area contributed by atoms with Crippen molar-refractivity contribution < 1.29 is 19.2 Å². The van der Waals surface area contributed by atoms with Gasteiger partial charge in [-0.05, 0) is 19.1 Å². The summed E-state index contributed by atoms with van der Waals surface area (Å²) < 4.78 is 5.05. The first-order chi connectivity index (χ1) is 9.02. The van der Waals surface area contributed by atoms with Crippen LogP contribution in [0.4, 0.5) is 5.69 Å². The van der Waals surface area contributed by atoms with E-state index < -0.39 is 22.6 Å². The molecule has 1 aromatic carbocycles. The highest BCUT2D eigenvalue weighted by Gasteiger charge is 2.30. The van der Waals surface area contributed by atoms with Crippen LogP contribution in [0.25, 0.3) is 0 Å². The molecule has 1 unspecified atom stereocenters. The summed E-state index contributed by atoms with van der Waals surface area (Å²) >= 11 is 0. The molecule has 0 saturated carbocycles. The summed E-state index contributed by atoms with van der Waals surface area (Å²) in [4.78, 5) is 33.9. The molecule has 0 aliphatic heterocycles. The van der Waals surface area contributed by atoms with Crippen LogP contribution in [-0.4, -0.2) is 29.2 Å². The Labute approximate surface area is 109 Å². The summed E-state index contributed by atoms with van der Waals surface area (Å²) in [5, 5.41) is 10.9. The van der Waals surface area contributed by atoms with E-state index in [0.717, 1.165) is 6.08 Å². The van der Waals surface area contributed by atoms with E-state index in [1.807, 2.05) is 0 Å². The molecule has 0 N–H and O–H groups in total.